The summed E-state index contributed by atoms with van der Waals surface area (Å²) in [6.07, 6.45) is 4.91. The van der Waals surface area contributed by atoms with E-state index in [9.17, 15) is 14.3 Å². The molecule has 146 valence electrons. The van der Waals surface area contributed by atoms with Crippen LogP contribution < -0.4 is 0 Å². The zero-order valence-electron chi connectivity index (χ0n) is 15.7. The van der Waals surface area contributed by atoms with Gasteiger partial charge in [-0.2, -0.15) is 0 Å². The van der Waals surface area contributed by atoms with Crippen molar-refractivity contribution < 1.29 is 14.3 Å². The number of aromatic nitrogens is 6. The fourth-order valence-electron chi connectivity index (χ4n) is 3.06. The molecule has 0 radical (unpaired) electrons. The largest absolute Gasteiger partial charge is 0.480 e. The van der Waals surface area contributed by atoms with E-state index >= 15 is 0 Å². The van der Waals surface area contributed by atoms with E-state index < -0.39 is 12.0 Å². The molecule has 0 saturated heterocycles. The van der Waals surface area contributed by atoms with Crippen molar-refractivity contribution in [3.63, 3.8) is 0 Å². The lowest BCUT2D eigenvalue weighted by Crippen LogP contribution is -2.15. The molecule has 0 bridgehead atoms. The Bertz CT molecular complexity index is 1170. The number of hydrogen-bond donors (Lipinski definition) is 1. The molecular formula is C20H17FN6O2. The van der Waals surface area contributed by atoms with Gasteiger partial charge in [-0.3, -0.25) is 4.98 Å². The number of carbonyl (C=O) groups is 1. The first-order chi connectivity index (χ1) is 14.0. The highest BCUT2D eigenvalue weighted by molar-refractivity contribution is 5.81. The summed E-state index contributed by atoms with van der Waals surface area (Å²) in [4.78, 5) is 20.0. The number of carboxylic acid groups (broad SMARTS) is 1. The third-order valence-corrected chi connectivity index (χ3v) is 4.66. The van der Waals surface area contributed by atoms with Crippen LogP contribution in [0.3, 0.4) is 0 Å². The Balaban J connectivity index is 1.88. The Labute approximate surface area is 165 Å². The third-order valence-electron chi connectivity index (χ3n) is 4.66. The van der Waals surface area contributed by atoms with E-state index in [1.54, 1.807) is 30.7 Å². The van der Waals surface area contributed by atoms with Crippen molar-refractivity contribution in [3.05, 3.63) is 60.8 Å². The minimum Gasteiger partial charge on any atom is -0.480 e. The molecule has 0 spiro atoms. The lowest BCUT2D eigenvalue weighted by molar-refractivity contribution is -0.140. The minimum atomic E-state index is -1.01. The normalized spacial score (nSPS) is 12.1. The molecule has 0 amide bonds. The van der Waals surface area contributed by atoms with E-state index in [2.05, 4.69) is 15.3 Å². The van der Waals surface area contributed by atoms with Crippen LogP contribution in [0.5, 0.6) is 0 Å². The average molecular weight is 392 g/mol. The number of carboxylic acids is 1. The zero-order chi connectivity index (χ0) is 20.5. The average Bonchev–Trinajstić information content (AvgIpc) is 3.33. The maximum Gasteiger partial charge on any atom is 0.328 e. The van der Waals surface area contributed by atoms with Crippen molar-refractivity contribution in [2.75, 3.05) is 0 Å². The first-order valence-corrected chi connectivity index (χ1v) is 8.83. The van der Waals surface area contributed by atoms with Gasteiger partial charge in [0.15, 0.2) is 5.82 Å². The van der Waals surface area contributed by atoms with Gasteiger partial charge in [-0.25, -0.2) is 18.9 Å². The molecular weight excluding hydrogens is 375 g/mol. The van der Waals surface area contributed by atoms with Gasteiger partial charge in [0.05, 0.1) is 17.6 Å². The Kier molecular flexibility index (Phi) is 4.63. The highest BCUT2D eigenvalue weighted by Gasteiger charge is 2.22. The van der Waals surface area contributed by atoms with Crippen LogP contribution >= 0.6 is 0 Å². The van der Waals surface area contributed by atoms with Gasteiger partial charge in [0.25, 0.3) is 0 Å². The highest BCUT2D eigenvalue weighted by Crippen LogP contribution is 2.34. The minimum absolute atomic E-state index is 0.332. The van der Waals surface area contributed by atoms with Gasteiger partial charge in [0.2, 0.25) is 0 Å². The van der Waals surface area contributed by atoms with Gasteiger partial charge in [-0.05, 0) is 43.3 Å². The lowest BCUT2D eigenvalue weighted by Gasteiger charge is -2.07. The molecule has 4 aromatic rings. The second-order valence-corrected chi connectivity index (χ2v) is 6.53. The molecule has 4 rings (SSSR count). The van der Waals surface area contributed by atoms with Crippen molar-refractivity contribution in [1.82, 2.24) is 29.5 Å². The van der Waals surface area contributed by atoms with Gasteiger partial charge >= 0.3 is 5.97 Å². The molecule has 0 fully saturated rings. The molecule has 0 aliphatic carbocycles. The second kappa shape index (κ2) is 7.27. The first-order valence-electron chi connectivity index (χ1n) is 8.83. The monoisotopic (exact) mass is 392 g/mol. The van der Waals surface area contributed by atoms with Gasteiger partial charge in [-0.15, -0.1) is 5.10 Å². The molecule has 0 aliphatic rings. The van der Waals surface area contributed by atoms with Crippen molar-refractivity contribution in [1.29, 1.82) is 0 Å². The zero-order valence-corrected chi connectivity index (χ0v) is 15.7. The summed E-state index contributed by atoms with van der Waals surface area (Å²) in [5.74, 6) is -0.827. The molecule has 0 saturated carbocycles. The van der Waals surface area contributed by atoms with E-state index in [1.165, 1.54) is 23.7 Å². The van der Waals surface area contributed by atoms with E-state index in [4.69, 9.17) is 4.98 Å². The van der Waals surface area contributed by atoms with Crippen molar-refractivity contribution in [2.24, 2.45) is 7.05 Å². The van der Waals surface area contributed by atoms with Gasteiger partial charge in [0.1, 0.15) is 17.6 Å². The number of nitrogens with zero attached hydrogens (tertiary/aromatic N) is 6. The molecule has 0 unspecified atom stereocenters. The molecule has 1 atom stereocenters. The fraction of sp³-hybridized carbons (Fsp3) is 0.150. The summed E-state index contributed by atoms with van der Waals surface area (Å²) in [5, 5.41) is 17.2. The quantitative estimate of drug-likeness (QED) is 0.560. The maximum atomic E-state index is 13.4. The molecule has 3 heterocycles. The fourth-order valence-corrected chi connectivity index (χ4v) is 3.06. The molecule has 3 aromatic heterocycles. The number of pyridine rings is 1. The third kappa shape index (κ3) is 3.38. The first kappa shape index (κ1) is 18.5. The predicted molar refractivity (Wildman–Crippen MR) is 103 cm³/mol. The van der Waals surface area contributed by atoms with Gasteiger partial charge in [0, 0.05) is 30.6 Å². The molecule has 1 aromatic carbocycles. The van der Waals surface area contributed by atoms with Crippen LogP contribution in [0, 0.1) is 5.82 Å². The van der Waals surface area contributed by atoms with Gasteiger partial charge in [-0.1, -0.05) is 5.21 Å². The van der Waals surface area contributed by atoms with Crippen LogP contribution in [0.15, 0.2) is 55.0 Å². The summed E-state index contributed by atoms with van der Waals surface area (Å²) in [7, 11) is 1.84. The number of imidazole rings is 1. The van der Waals surface area contributed by atoms with Gasteiger partial charge < -0.3 is 9.67 Å². The van der Waals surface area contributed by atoms with Crippen LogP contribution in [0.25, 0.3) is 34.0 Å². The Morgan fingerprint density at radius 2 is 1.79 bits per heavy atom. The Hall–Kier alpha value is -3.88. The highest BCUT2D eigenvalue weighted by atomic mass is 19.1. The van der Waals surface area contributed by atoms with Crippen LogP contribution in [0.1, 0.15) is 13.0 Å². The smallest absolute Gasteiger partial charge is 0.328 e. The molecule has 0 aliphatic heterocycles. The second-order valence-electron chi connectivity index (χ2n) is 6.53. The summed E-state index contributed by atoms with van der Waals surface area (Å²) >= 11 is 0. The Morgan fingerprint density at radius 3 is 2.45 bits per heavy atom. The number of benzene rings is 1. The number of halogens is 1. The molecule has 8 nitrogen and oxygen atoms in total. The summed E-state index contributed by atoms with van der Waals surface area (Å²) in [5.41, 5.74) is 3.51. The molecule has 29 heavy (non-hydrogen) atoms. The van der Waals surface area contributed by atoms with Crippen LogP contribution in [-0.4, -0.2) is 40.6 Å². The topological polar surface area (TPSA) is 98.7 Å². The SMILES string of the molecule is C[C@@H](C(=O)O)n1cc(-c2nc(-c3ccc(F)cc3)c(-c3ccncc3)n2C)nn1. The number of aliphatic carboxylic acids is 1. The summed E-state index contributed by atoms with van der Waals surface area (Å²) < 4.78 is 16.5. The molecule has 9 heteroatoms. The van der Waals surface area contributed by atoms with Crippen molar-refractivity contribution >= 4 is 5.97 Å². The van der Waals surface area contributed by atoms with Crippen LogP contribution in [-0.2, 0) is 11.8 Å². The van der Waals surface area contributed by atoms with E-state index in [1.807, 2.05) is 23.7 Å². The van der Waals surface area contributed by atoms with Crippen LogP contribution in [0.4, 0.5) is 4.39 Å². The van der Waals surface area contributed by atoms with Crippen LogP contribution in [0.2, 0.25) is 0 Å². The summed E-state index contributed by atoms with van der Waals surface area (Å²) in [6, 6.07) is 8.95. The van der Waals surface area contributed by atoms with Crippen molar-refractivity contribution in [2.45, 2.75) is 13.0 Å². The van der Waals surface area contributed by atoms with E-state index in [0.717, 1.165) is 16.8 Å². The van der Waals surface area contributed by atoms with E-state index in [0.29, 0.717) is 17.2 Å². The van der Waals surface area contributed by atoms with E-state index in [-0.39, 0.29) is 5.82 Å². The Morgan fingerprint density at radius 1 is 1.10 bits per heavy atom. The lowest BCUT2D eigenvalue weighted by atomic mass is 10.1. The van der Waals surface area contributed by atoms with Crippen molar-refractivity contribution in [3.8, 4) is 34.0 Å². The molecule has 1 N–H and O–H groups in total. The standard InChI is InChI=1S/C20H17FN6O2/c1-12(20(28)29)27-11-16(24-25-27)19-23-17(13-3-5-15(21)6-4-13)18(26(19)2)14-7-9-22-10-8-14/h3-12H,1-2H3,(H,28,29)/t12-/m0/s1. The summed E-state index contributed by atoms with van der Waals surface area (Å²) in [6.45, 7) is 1.52. The predicted octanol–water partition coefficient (Wildman–Crippen LogP) is 3.19. The number of hydrogen-bond acceptors (Lipinski definition) is 5. The maximum absolute atomic E-state index is 13.4. The number of rotatable bonds is 5.